The highest BCUT2D eigenvalue weighted by Gasteiger charge is 2.18. The van der Waals surface area contributed by atoms with E-state index in [1.54, 1.807) is 0 Å². The molecule has 86 valence electrons. The first-order valence-electron chi connectivity index (χ1n) is 5.94. The Balaban J connectivity index is 1.65. The van der Waals surface area contributed by atoms with Crippen LogP contribution >= 0.6 is 11.8 Å². The van der Waals surface area contributed by atoms with E-state index in [-0.39, 0.29) is 0 Å². The summed E-state index contributed by atoms with van der Waals surface area (Å²) in [5.41, 5.74) is 0. The largest absolute Gasteiger partial charge is 0.378 e. The lowest BCUT2D eigenvalue weighted by Crippen LogP contribution is -2.26. The third-order valence-electron chi connectivity index (χ3n) is 2.97. The van der Waals surface area contributed by atoms with Crippen molar-refractivity contribution in [3.63, 3.8) is 0 Å². The van der Waals surface area contributed by atoms with Crippen molar-refractivity contribution < 1.29 is 4.74 Å². The quantitative estimate of drug-likeness (QED) is 0.799. The van der Waals surface area contributed by atoms with E-state index in [2.05, 4.69) is 17.2 Å². The molecule has 0 spiro atoms. The number of rotatable bonds is 4. The Labute approximate surface area is 96.1 Å². The summed E-state index contributed by atoms with van der Waals surface area (Å²) in [7, 11) is 0. The van der Waals surface area contributed by atoms with Crippen molar-refractivity contribution in [1.29, 1.82) is 0 Å². The summed E-state index contributed by atoms with van der Waals surface area (Å²) >= 11 is 1.86. The summed E-state index contributed by atoms with van der Waals surface area (Å²) in [6.07, 6.45) is 5.21. The Bertz CT molecular complexity index is 227. The number of aliphatic imine (C=N–C) groups is 1. The Hall–Kier alpha value is -0.220. The molecule has 2 aliphatic heterocycles. The van der Waals surface area contributed by atoms with Gasteiger partial charge in [-0.15, -0.1) is 0 Å². The summed E-state index contributed by atoms with van der Waals surface area (Å²) in [4.78, 5) is 4.57. The SMILES string of the molecule is CCC1CSC(=NCCC2CCCO2)N1. The van der Waals surface area contributed by atoms with E-state index >= 15 is 0 Å². The average Bonchev–Trinajstić information content (AvgIpc) is 2.88. The van der Waals surface area contributed by atoms with Crippen LogP contribution in [0.25, 0.3) is 0 Å². The predicted octanol–water partition coefficient (Wildman–Crippen LogP) is 2.03. The zero-order chi connectivity index (χ0) is 10.5. The summed E-state index contributed by atoms with van der Waals surface area (Å²) < 4.78 is 5.56. The third-order valence-corrected chi connectivity index (χ3v) is 4.06. The van der Waals surface area contributed by atoms with Crippen LogP contribution in [0.1, 0.15) is 32.6 Å². The second-order valence-corrected chi connectivity index (χ2v) is 5.18. The first-order valence-corrected chi connectivity index (χ1v) is 6.92. The summed E-state index contributed by atoms with van der Waals surface area (Å²) in [6.45, 7) is 4.08. The van der Waals surface area contributed by atoms with Crippen LogP contribution in [0.5, 0.6) is 0 Å². The van der Waals surface area contributed by atoms with E-state index in [9.17, 15) is 0 Å². The molecule has 0 aromatic heterocycles. The maximum Gasteiger partial charge on any atom is 0.156 e. The Morgan fingerprint density at radius 3 is 3.20 bits per heavy atom. The molecule has 2 fully saturated rings. The number of thioether (sulfide) groups is 1. The number of hydrogen-bond donors (Lipinski definition) is 1. The van der Waals surface area contributed by atoms with Crippen LogP contribution in [0.15, 0.2) is 4.99 Å². The summed E-state index contributed by atoms with van der Waals surface area (Å²) in [6, 6.07) is 0.636. The number of hydrogen-bond acceptors (Lipinski definition) is 3. The smallest absolute Gasteiger partial charge is 0.156 e. The molecule has 0 radical (unpaired) electrons. The Morgan fingerprint density at radius 2 is 2.53 bits per heavy atom. The zero-order valence-corrected chi connectivity index (χ0v) is 10.2. The molecule has 0 saturated carbocycles. The Kier molecular flexibility index (Phi) is 4.32. The van der Waals surface area contributed by atoms with Gasteiger partial charge in [0.15, 0.2) is 5.17 Å². The fourth-order valence-corrected chi connectivity index (χ4v) is 3.04. The second-order valence-electron chi connectivity index (χ2n) is 4.17. The third kappa shape index (κ3) is 3.38. The second kappa shape index (κ2) is 5.75. The molecule has 2 saturated heterocycles. The molecule has 2 rings (SSSR count). The topological polar surface area (TPSA) is 33.6 Å². The fraction of sp³-hybridized carbons (Fsp3) is 0.909. The van der Waals surface area contributed by atoms with Gasteiger partial charge in [-0.25, -0.2) is 0 Å². The van der Waals surface area contributed by atoms with Gasteiger partial charge in [-0.1, -0.05) is 18.7 Å². The van der Waals surface area contributed by atoms with Crippen LogP contribution in [-0.4, -0.2) is 36.2 Å². The maximum absolute atomic E-state index is 5.56. The fourth-order valence-electron chi connectivity index (χ4n) is 1.93. The van der Waals surface area contributed by atoms with E-state index in [1.807, 2.05) is 11.8 Å². The predicted molar refractivity (Wildman–Crippen MR) is 65.6 cm³/mol. The van der Waals surface area contributed by atoms with Crippen molar-refractivity contribution in [2.75, 3.05) is 18.9 Å². The highest BCUT2D eigenvalue weighted by Crippen LogP contribution is 2.17. The van der Waals surface area contributed by atoms with Crippen molar-refractivity contribution in [2.24, 2.45) is 4.99 Å². The molecule has 15 heavy (non-hydrogen) atoms. The Morgan fingerprint density at radius 1 is 1.60 bits per heavy atom. The van der Waals surface area contributed by atoms with Crippen molar-refractivity contribution in [2.45, 2.75) is 44.8 Å². The number of nitrogens with zero attached hydrogens (tertiary/aromatic N) is 1. The monoisotopic (exact) mass is 228 g/mol. The number of nitrogens with one attached hydrogen (secondary N) is 1. The van der Waals surface area contributed by atoms with E-state index in [1.165, 1.54) is 25.0 Å². The molecular formula is C11H20N2OS. The number of amidine groups is 1. The van der Waals surface area contributed by atoms with Crippen molar-refractivity contribution >= 4 is 16.9 Å². The molecular weight excluding hydrogens is 208 g/mol. The van der Waals surface area contributed by atoms with Gasteiger partial charge in [0.05, 0.1) is 6.10 Å². The summed E-state index contributed by atoms with van der Waals surface area (Å²) in [5.74, 6) is 1.18. The maximum atomic E-state index is 5.56. The molecule has 4 heteroatoms. The van der Waals surface area contributed by atoms with Crippen LogP contribution in [0.2, 0.25) is 0 Å². The van der Waals surface area contributed by atoms with Gasteiger partial charge in [-0.3, -0.25) is 4.99 Å². The lowest BCUT2D eigenvalue weighted by atomic mass is 10.2. The van der Waals surface area contributed by atoms with Gasteiger partial charge in [0.2, 0.25) is 0 Å². The van der Waals surface area contributed by atoms with E-state index < -0.39 is 0 Å². The van der Waals surface area contributed by atoms with Gasteiger partial charge in [-0.05, 0) is 25.7 Å². The molecule has 0 bridgehead atoms. The normalized spacial score (nSPS) is 33.5. The zero-order valence-electron chi connectivity index (χ0n) is 9.37. The van der Waals surface area contributed by atoms with Crippen LogP contribution < -0.4 is 5.32 Å². The molecule has 3 nitrogen and oxygen atoms in total. The molecule has 2 atom stereocenters. The molecule has 1 N–H and O–H groups in total. The van der Waals surface area contributed by atoms with E-state index in [4.69, 9.17) is 4.74 Å². The highest BCUT2D eigenvalue weighted by atomic mass is 32.2. The van der Waals surface area contributed by atoms with Gasteiger partial charge < -0.3 is 10.1 Å². The summed E-state index contributed by atoms with van der Waals surface area (Å²) in [5, 5.41) is 4.58. The van der Waals surface area contributed by atoms with Crippen LogP contribution in [0, 0.1) is 0 Å². The van der Waals surface area contributed by atoms with Crippen LogP contribution in [0.4, 0.5) is 0 Å². The molecule has 2 unspecified atom stereocenters. The van der Waals surface area contributed by atoms with Gasteiger partial charge in [-0.2, -0.15) is 0 Å². The van der Waals surface area contributed by atoms with Crippen molar-refractivity contribution in [1.82, 2.24) is 5.32 Å². The van der Waals surface area contributed by atoms with E-state index in [0.717, 1.165) is 24.7 Å². The van der Waals surface area contributed by atoms with E-state index in [0.29, 0.717) is 12.1 Å². The van der Waals surface area contributed by atoms with Gasteiger partial charge >= 0.3 is 0 Å². The molecule has 0 aliphatic carbocycles. The van der Waals surface area contributed by atoms with Gasteiger partial charge in [0.25, 0.3) is 0 Å². The highest BCUT2D eigenvalue weighted by molar-refractivity contribution is 8.14. The van der Waals surface area contributed by atoms with Gasteiger partial charge in [0.1, 0.15) is 0 Å². The van der Waals surface area contributed by atoms with Crippen LogP contribution in [0.3, 0.4) is 0 Å². The molecule has 2 aliphatic rings. The standard InChI is InChI=1S/C11H20N2OS/c1-2-9-8-15-11(13-9)12-6-5-10-4-3-7-14-10/h9-10H,2-8H2,1H3,(H,12,13). The minimum absolute atomic E-state index is 0.475. The van der Waals surface area contributed by atoms with Crippen molar-refractivity contribution in [3.05, 3.63) is 0 Å². The van der Waals surface area contributed by atoms with Crippen molar-refractivity contribution in [3.8, 4) is 0 Å². The molecule has 0 aromatic rings. The number of ether oxygens (including phenoxy) is 1. The minimum atomic E-state index is 0.475. The lowest BCUT2D eigenvalue weighted by molar-refractivity contribution is 0.106. The average molecular weight is 228 g/mol. The molecule has 0 aromatic carbocycles. The lowest BCUT2D eigenvalue weighted by Gasteiger charge is -2.07. The van der Waals surface area contributed by atoms with Gasteiger partial charge in [0, 0.05) is 24.9 Å². The molecule has 0 amide bonds. The first-order chi connectivity index (χ1) is 7.38. The first kappa shape index (κ1) is 11.3. The minimum Gasteiger partial charge on any atom is -0.378 e. The molecule has 2 heterocycles. The van der Waals surface area contributed by atoms with Crippen LogP contribution in [-0.2, 0) is 4.74 Å².